The van der Waals surface area contributed by atoms with Crippen LogP contribution in [0.5, 0.6) is 11.5 Å². The molecule has 0 radical (unpaired) electrons. The number of nitrogens with two attached hydrogens (primary N) is 1. The van der Waals surface area contributed by atoms with Crippen LogP contribution in [0, 0.1) is 5.41 Å². The highest BCUT2D eigenvalue weighted by molar-refractivity contribution is 6.05. The first-order chi connectivity index (χ1) is 17.0. The molecule has 178 valence electrons. The van der Waals surface area contributed by atoms with E-state index in [1.807, 2.05) is 54.6 Å². The van der Waals surface area contributed by atoms with Gasteiger partial charge in [0, 0.05) is 53.4 Å². The van der Waals surface area contributed by atoms with Crippen molar-refractivity contribution in [1.82, 2.24) is 4.98 Å². The first-order valence-electron chi connectivity index (χ1n) is 11.5. The maximum atomic E-state index is 8.28. The number of hydrogen-bond acceptors (Lipinski definition) is 6. The second-order valence-electron chi connectivity index (χ2n) is 8.41. The lowest BCUT2D eigenvalue weighted by atomic mass is 9.97. The predicted octanol–water partition coefficient (Wildman–Crippen LogP) is 5.79. The van der Waals surface area contributed by atoms with Gasteiger partial charge in [-0.1, -0.05) is 31.2 Å². The van der Waals surface area contributed by atoms with Crippen LogP contribution in [0.3, 0.4) is 0 Å². The van der Waals surface area contributed by atoms with E-state index in [0.717, 1.165) is 23.2 Å². The third kappa shape index (κ3) is 6.18. The van der Waals surface area contributed by atoms with Crippen LogP contribution in [-0.4, -0.2) is 24.4 Å². The summed E-state index contributed by atoms with van der Waals surface area (Å²) in [5.74, 6) is 1.82. The van der Waals surface area contributed by atoms with E-state index < -0.39 is 0 Å². The molecule has 1 atom stereocenters. The number of allylic oxidation sites excluding steroid dienone is 3. The maximum Gasteiger partial charge on any atom is 0.129 e. The molecule has 0 bridgehead atoms. The Kier molecular flexibility index (Phi) is 7.63. The van der Waals surface area contributed by atoms with Gasteiger partial charge < -0.3 is 25.9 Å². The smallest absolute Gasteiger partial charge is 0.129 e. The average molecular weight is 467 g/mol. The largest absolute Gasteiger partial charge is 0.496 e. The summed E-state index contributed by atoms with van der Waals surface area (Å²) in [6.45, 7) is 3.58. The molecule has 1 aliphatic rings. The molecule has 3 aromatic rings. The van der Waals surface area contributed by atoms with Crippen LogP contribution in [0.1, 0.15) is 35.1 Å². The molecule has 1 aliphatic heterocycles. The molecule has 35 heavy (non-hydrogen) atoms. The number of methoxy groups -OCH3 is 1. The van der Waals surface area contributed by atoms with Gasteiger partial charge in [-0.25, -0.2) is 0 Å². The van der Waals surface area contributed by atoms with E-state index in [2.05, 4.69) is 29.4 Å². The lowest BCUT2D eigenvalue weighted by molar-refractivity contribution is 0.303. The number of pyridine rings is 1. The van der Waals surface area contributed by atoms with Crippen molar-refractivity contribution in [2.75, 3.05) is 19.0 Å². The zero-order chi connectivity index (χ0) is 24.6. The van der Waals surface area contributed by atoms with Crippen molar-refractivity contribution in [2.24, 2.45) is 5.73 Å². The van der Waals surface area contributed by atoms with E-state index >= 15 is 0 Å². The molecule has 0 amide bonds. The molecule has 0 aliphatic carbocycles. The summed E-state index contributed by atoms with van der Waals surface area (Å²) in [6, 6.07) is 15.7. The van der Waals surface area contributed by atoms with E-state index in [4.69, 9.17) is 20.6 Å². The second-order valence-corrected chi connectivity index (χ2v) is 8.41. The standard InChI is InChI=1S/C29H30N4O2/c1-20-17-33-27-7-3-6-23(29(20)27)9-12-25(31)15-24(30)11-8-22-10-13-26(16-28(22)34-2)35-19-21-5-4-14-32-18-21/h3-16,18,20,30,33H,17,19,31H2,1-2H3/b11-8+,12-9+,25-15-,30-24?. The summed E-state index contributed by atoms with van der Waals surface area (Å²) in [5.41, 5.74) is 12.4. The Labute approximate surface area is 206 Å². The fourth-order valence-corrected chi connectivity index (χ4v) is 4.01. The fourth-order valence-electron chi connectivity index (χ4n) is 4.01. The van der Waals surface area contributed by atoms with Crippen molar-refractivity contribution in [3.63, 3.8) is 0 Å². The number of hydrogen-bond donors (Lipinski definition) is 3. The van der Waals surface area contributed by atoms with E-state index in [0.29, 0.717) is 35.4 Å². The summed E-state index contributed by atoms with van der Waals surface area (Å²) in [7, 11) is 1.61. The minimum absolute atomic E-state index is 0.291. The van der Waals surface area contributed by atoms with Crippen LogP contribution in [0.4, 0.5) is 5.69 Å². The normalized spacial score (nSPS) is 15.3. The summed E-state index contributed by atoms with van der Waals surface area (Å²) in [4.78, 5) is 4.10. The molecule has 1 aromatic heterocycles. The van der Waals surface area contributed by atoms with Gasteiger partial charge in [0.15, 0.2) is 0 Å². The van der Waals surface area contributed by atoms with Crippen LogP contribution in [0.25, 0.3) is 12.2 Å². The summed E-state index contributed by atoms with van der Waals surface area (Å²) in [5, 5.41) is 11.7. The quantitative estimate of drug-likeness (QED) is 0.274. The van der Waals surface area contributed by atoms with Gasteiger partial charge in [-0.3, -0.25) is 4.98 Å². The predicted molar refractivity (Wildman–Crippen MR) is 143 cm³/mol. The summed E-state index contributed by atoms with van der Waals surface area (Å²) >= 11 is 0. The maximum absolute atomic E-state index is 8.28. The highest BCUT2D eigenvalue weighted by atomic mass is 16.5. The second kappa shape index (κ2) is 11.2. The number of ether oxygens (including phenoxy) is 2. The van der Waals surface area contributed by atoms with Crippen molar-refractivity contribution in [1.29, 1.82) is 5.41 Å². The van der Waals surface area contributed by atoms with Crippen LogP contribution in [0.15, 0.2) is 84.8 Å². The van der Waals surface area contributed by atoms with Gasteiger partial charge in [-0.05, 0) is 59.7 Å². The lowest BCUT2D eigenvalue weighted by Crippen LogP contribution is -1.98. The average Bonchev–Trinajstić information content (AvgIpc) is 3.27. The summed E-state index contributed by atoms with van der Waals surface area (Å²) in [6.07, 6.45) is 12.5. The number of fused-ring (bicyclic) bond motifs is 1. The number of rotatable bonds is 9. The number of nitrogens with zero attached hydrogens (tertiary/aromatic N) is 1. The van der Waals surface area contributed by atoms with Gasteiger partial charge >= 0.3 is 0 Å². The van der Waals surface area contributed by atoms with Crippen molar-refractivity contribution < 1.29 is 9.47 Å². The SMILES string of the molecule is COc1cc(OCc2cccnc2)ccc1/C=C/C(=N)/C=C(N)/C=C/c1cccc2c1C(C)CN2. The minimum Gasteiger partial charge on any atom is -0.496 e. The summed E-state index contributed by atoms with van der Waals surface area (Å²) < 4.78 is 11.4. The molecule has 4 N–H and O–H groups in total. The van der Waals surface area contributed by atoms with Gasteiger partial charge in [0.25, 0.3) is 0 Å². The van der Waals surface area contributed by atoms with Gasteiger partial charge in [-0.15, -0.1) is 0 Å². The van der Waals surface area contributed by atoms with Gasteiger partial charge in [0.1, 0.15) is 18.1 Å². The Morgan fingerprint density at radius 1 is 1.14 bits per heavy atom. The number of aromatic nitrogens is 1. The van der Waals surface area contributed by atoms with Crippen LogP contribution in [0.2, 0.25) is 0 Å². The molecule has 1 unspecified atom stereocenters. The zero-order valence-electron chi connectivity index (χ0n) is 20.0. The third-order valence-electron chi connectivity index (χ3n) is 5.78. The minimum atomic E-state index is 0.291. The van der Waals surface area contributed by atoms with Crippen molar-refractivity contribution in [2.45, 2.75) is 19.4 Å². The molecule has 6 heteroatoms. The molecule has 0 spiro atoms. The Morgan fingerprint density at radius 3 is 2.80 bits per heavy atom. The van der Waals surface area contributed by atoms with E-state index in [9.17, 15) is 0 Å². The molecular weight excluding hydrogens is 436 g/mol. The number of nitrogens with one attached hydrogen (secondary N) is 2. The first kappa shape index (κ1) is 23.8. The van der Waals surface area contributed by atoms with Crippen molar-refractivity contribution in [3.8, 4) is 11.5 Å². The molecular formula is C29H30N4O2. The van der Waals surface area contributed by atoms with E-state index in [-0.39, 0.29) is 0 Å². The Bertz CT molecular complexity index is 1280. The molecule has 0 saturated heterocycles. The molecule has 2 aromatic carbocycles. The van der Waals surface area contributed by atoms with Gasteiger partial charge in [0.2, 0.25) is 0 Å². The highest BCUT2D eigenvalue weighted by Gasteiger charge is 2.19. The van der Waals surface area contributed by atoms with Crippen LogP contribution in [-0.2, 0) is 6.61 Å². The van der Waals surface area contributed by atoms with Crippen LogP contribution >= 0.6 is 0 Å². The fraction of sp³-hybridized carbons (Fsp3) is 0.172. The van der Waals surface area contributed by atoms with Crippen LogP contribution < -0.4 is 20.5 Å². The first-order valence-corrected chi connectivity index (χ1v) is 11.5. The third-order valence-corrected chi connectivity index (χ3v) is 5.78. The number of benzene rings is 2. The molecule has 4 rings (SSSR count). The molecule has 2 heterocycles. The lowest BCUT2D eigenvalue weighted by Gasteiger charge is -2.10. The van der Waals surface area contributed by atoms with E-state index in [1.165, 1.54) is 11.3 Å². The Hall–Kier alpha value is -4.32. The van der Waals surface area contributed by atoms with Crippen molar-refractivity contribution in [3.05, 3.63) is 107 Å². The highest BCUT2D eigenvalue weighted by Crippen LogP contribution is 2.34. The van der Waals surface area contributed by atoms with Gasteiger partial charge in [-0.2, -0.15) is 0 Å². The molecule has 6 nitrogen and oxygen atoms in total. The van der Waals surface area contributed by atoms with E-state index in [1.54, 1.807) is 31.7 Å². The van der Waals surface area contributed by atoms with Crippen molar-refractivity contribution >= 4 is 23.6 Å². The molecule has 0 fully saturated rings. The Balaban J connectivity index is 1.39. The zero-order valence-corrected chi connectivity index (χ0v) is 20.0. The monoisotopic (exact) mass is 466 g/mol. The number of anilines is 1. The van der Waals surface area contributed by atoms with Gasteiger partial charge in [0.05, 0.1) is 12.8 Å². The molecule has 0 saturated carbocycles. The topological polar surface area (TPSA) is 93.2 Å². The Morgan fingerprint density at radius 2 is 2.00 bits per heavy atom.